The normalized spacial score (nSPS) is 23.6. The molecule has 1 saturated heterocycles. The van der Waals surface area contributed by atoms with Crippen LogP contribution in [0, 0.1) is 0 Å². The summed E-state index contributed by atoms with van der Waals surface area (Å²) in [5, 5.41) is 3.31. The van der Waals surface area contributed by atoms with Gasteiger partial charge in [-0.2, -0.15) is 0 Å². The van der Waals surface area contributed by atoms with E-state index in [0.29, 0.717) is 19.4 Å². The number of alkyl halides is 1. The first-order valence-electron chi connectivity index (χ1n) is 6.70. The highest BCUT2D eigenvalue weighted by Gasteiger charge is 2.28. The van der Waals surface area contributed by atoms with Crippen molar-refractivity contribution in [2.45, 2.75) is 37.9 Å². The number of morpholine rings is 1. The van der Waals surface area contributed by atoms with Gasteiger partial charge < -0.3 is 10.1 Å². The quantitative estimate of drug-likeness (QED) is 0.869. The number of halogens is 1. The van der Waals surface area contributed by atoms with Gasteiger partial charge in [-0.25, -0.2) is 4.39 Å². The van der Waals surface area contributed by atoms with Gasteiger partial charge in [0, 0.05) is 12.6 Å². The van der Waals surface area contributed by atoms with Gasteiger partial charge in [-0.15, -0.1) is 0 Å². The smallest absolute Gasteiger partial charge is 0.110 e. The first kappa shape index (κ1) is 13.5. The highest BCUT2D eigenvalue weighted by atomic mass is 19.1. The van der Waals surface area contributed by atoms with Crippen molar-refractivity contribution in [1.82, 2.24) is 5.32 Å². The van der Waals surface area contributed by atoms with Gasteiger partial charge in [-0.1, -0.05) is 30.3 Å². The van der Waals surface area contributed by atoms with Gasteiger partial charge in [-0.3, -0.25) is 0 Å². The van der Waals surface area contributed by atoms with Crippen LogP contribution < -0.4 is 5.32 Å². The van der Waals surface area contributed by atoms with Crippen molar-refractivity contribution >= 4 is 0 Å². The van der Waals surface area contributed by atoms with Gasteiger partial charge in [0.05, 0.1) is 13.2 Å². The summed E-state index contributed by atoms with van der Waals surface area (Å²) in [5.74, 6) is 0. The van der Waals surface area contributed by atoms with Crippen LogP contribution in [0.15, 0.2) is 30.3 Å². The molecule has 2 rings (SSSR count). The lowest BCUT2D eigenvalue weighted by atomic mass is 9.91. The Hall–Kier alpha value is -0.930. The van der Waals surface area contributed by atoms with Crippen LogP contribution in [0.4, 0.5) is 4.39 Å². The van der Waals surface area contributed by atoms with Crippen LogP contribution in [0.1, 0.15) is 25.3 Å². The number of rotatable bonds is 5. The number of hydrogen-bond donors (Lipinski definition) is 1. The van der Waals surface area contributed by atoms with Crippen molar-refractivity contribution in [3.8, 4) is 0 Å². The average molecular weight is 251 g/mol. The van der Waals surface area contributed by atoms with Crippen molar-refractivity contribution in [3.05, 3.63) is 35.9 Å². The minimum Gasteiger partial charge on any atom is -0.379 e. The fraction of sp³-hybridized carbons (Fsp3) is 0.600. The third-order valence-corrected chi connectivity index (χ3v) is 3.45. The Morgan fingerprint density at radius 2 is 2.17 bits per heavy atom. The molecule has 0 bridgehead atoms. The summed E-state index contributed by atoms with van der Waals surface area (Å²) < 4.78 is 19.8. The molecule has 1 aromatic rings. The SMILES string of the molecule is CC(F)(CCc1ccccc1)CC1COCCN1. The second kappa shape index (κ2) is 6.30. The van der Waals surface area contributed by atoms with Crippen LogP contribution >= 0.6 is 0 Å². The summed E-state index contributed by atoms with van der Waals surface area (Å²) in [6.07, 6.45) is 1.89. The molecule has 1 fully saturated rings. The molecule has 1 heterocycles. The van der Waals surface area contributed by atoms with E-state index >= 15 is 0 Å². The molecular formula is C15H22FNO. The number of aryl methyl sites for hydroxylation is 1. The Bertz CT molecular complexity index is 347. The molecule has 1 aliphatic rings. The fourth-order valence-electron chi connectivity index (χ4n) is 2.42. The Kier molecular flexibility index (Phi) is 4.72. The predicted octanol–water partition coefficient (Wildman–Crippen LogP) is 2.73. The van der Waals surface area contributed by atoms with Crippen molar-refractivity contribution < 1.29 is 9.13 Å². The maximum Gasteiger partial charge on any atom is 0.110 e. The van der Waals surface area contributed by atoms with Crippen LogP contribution in [-0.4, -0.2) is 31.5 Å². The van der Waals surface area contributed by atoms with Crippen molar-refractivity contribution in [1.29, 1.82) is 0 Å². The first-order chi connectivity index (χ1) is 8.66. The standard InChI is InChI=1S/C15H22FNO/c1-15(16,11-14-12-18-10-9-17-14)8-7-13-5-3-2-4-6-13/h2-6,14,17H,7-12H2,1H3. The van der Waals surface area contributed by atoms with Crippen LogP contribution in [0.5, 0.6) is 0 Å². The lowest BCUT2D eigenvalue weighted by molar-refractivity contribution is 0.0460. The highest BCUT2D eigenvalue weighted by molar-refractivity contribution is 5.15. The Morgan fingerprint density at radius 3 is 2.83 bits per heavy atom. The largest absolute Gasteiger partial charge is 0.379 e. The topological polar surface area (TPSA) is 21.3 Å². The van der Waals surface area contributed by atoms with Gasteiger partial charge in [0.2, 0.25) is 0 Å². The van der Waals surface area contributed by atoms with Crippen molar-refractivity contribution in [3.63, 3.8) is 0 Å². The maximum atomic E-state index is 14.5. The van der Waals surface area contributed by atoms with Crippen LogP contribution in [0.3, 0.4) is 0 Å². The minimum atomic E-state index is -1.13. The highest BCUT2D eigenvalue weighted by Crippen LogP contribution is 2.25. The summed E-state index contributed by atoms with van der Waals surface area (Å²) in [6.45, 7) is 3.90. The number of benzene rings is 1. The zero-order valence-electron chi connectivity index (χ0n) is 11.0. The molecule has 100 valence electrons. The molecule has 1 N–H and O–H groups in total. The van der Waals surface area contributed by atoms with E-state index in [-0.39, 0.29) is 6.04 Å². The molecule has 1 aliphatic heterocycles. The lowest BCUT2D eigenvalue weighted by Gasteiger charge is -2.30. The molecule has 0 saturated carbocycles. The van der Waals surface area contributed by atoms with E-state index in [1.54, 1.807) is 6.92 Å². The van der Waals surface area contributed by atoms with Crippen LogP contribution in [-0.2, 0) is 11.2 Å². The lowest BCUT2D eigenvalue weighted by Crippen LogP contribution is -2.44. The molecule has 0 aromatic heterocycles. The van der Waals surface area contributed by atoms with Gasteiger partial charge in [-0.05, 0) is 31.7 Å². The van der Waals surface area contributed by atoms with Crippen molar-refractivity contribution in [2.24, 2.45) is 0 Å². The summed E-state index contributed by atoms with van der Waals surface area (Å²) >= 11 is 0. The minimum absolute atomic E-state index is 0.157. The second-order valence-corrected chi connectivity index (χ2v) is 5.33. The zero-order valence-corrected chi connectivity index (χ0v) is 11.0. The predicted molar refractivity (Wildman–Crippen MR) is 71.5 cm³/mol. The number of nitrogens with one attached hydrogen (secondary N) is 1. The Balaban J connectivity index is 1.79. The van der Waals surface area contributed by atoms with E-state index in [1.165, 1.54) is 5.56 Å². The maximum absolute atomic E-state index is 14.5. The fourth-order valence-corrected chi connectivity index (χ4v) is 2.42. The molecule has 0 aliphatic carbocycles. The zero-order chi connectivity index (χ0) is 12.8. The van der Waals surface area contributed by atoms with E-state index in [4.69, 9.17) is 4.74 Å². The summed E-state index contributed by atoms with van der Waals surface area (Å²) in [6, 6.07) is 10.3. The number of ether oxygens (including phenoxy) is 1. The van der Waals surface area contributed by atoms with Gasteiger partial charge in [0.1, 0.15) is 5.67 Å². The average Bonchev–Trinajstić information content (AvgIpc) is 2.38. The van der Waals surface area contributed by atoms with Crippen molar-refractivity contribution in [2.75, 3.05) is 19.8 Å². The molecule has 0 amide bonds. The third kappa shape index (κ3) is 4.39. The first-order valence-corrected chi connectivity index (χ1v) is 6.70. The van der Waals surface area contributed by atoms with E-state index in [2.05, 4.69) is 17.4 Å². The number of hydrogen-bond acceptors (Lipinski definition) is 2. The summed E-state index contributed by atoms with van der Waals surface area (Å²) in [7, 11) is 0. The second-order valence-electron chi connectivity index (χ2n) is 5.33. The molecule has 0 radical (unpaired) electrons. The van der Waals surface area contributed by atoms with E-state index in [0.717, 1.165) is 19.6 Å². The van der Waals surface area contributed by atoms with Crippen LogP contribution in [0.25, 0.3) is 0 Å². The van der Waals surface area contributed by atoms with Crippen LogP contribution in [0.2, 0.25) is 0 Å². The van der Waals surface area contributed by atoms with E-state index in [1.807, 2.05) is 18.2 Å². The Morgan fingerprint density at radius 1 is 1.39 bits per heavy atom. The molecule has 2 unspecified atom stereocenters. The van der Waals surface area contributed by atoms with Gasteiger partial charge in [0.15, 0.2) is 0 Å². The third-order valence-electron chi connectivity index (χ3n) is 3.45. The molecule has 2 atom stereocenters. The Labute approximate surface area is 109 Å². The summed E-state index contributed by atoms with van der Waals surface area (Å²) in [4.78, 5) is 0. The molecular weight excluding hydrogens is 229 g/mol. The summed E-state index contributed by atoms with van der Waals surface area (Å²) in [5.41, 5.74) is 0.0722. The van der Waals surface area contributed by atoms with E-state index in [9.17, 15) is 4.39 Å². The monoisotopic (exact) mass is 251 g/mol. The molecule has 1 aromatic carbocycles. The molecule has 0 spiro atoms. The van der Waals surface area contributed by atoms with E-state index < -0.39 is 5.67 Å². The molecule has 2 nitrogen and oxygen atoms in total. The van der Waals surface area contributed by atoms with Gasteiger partial charge >= 0.3 is 0 Å². The molecule has 3 heteroatoms. The molecule has 18 heavy (non-hydrogen) atoms. The van der Waals surface area contributed by atoms with Gasteiger partial charge in [0.25, 0.3) is 0 Å².